The van der Waals surface area contributed by atoms with Gasteiger partial charge in [0, 0.05) is 24.9 Å². The van der Waals surface area contributed by atoms with Crippen molar-refractivity contribution in [3.8, 4) is 0 Å². The zero-order valence-electron chi connectivity index (χ0n) is 12.9. The minimum absolute atomic E-state index is 0.0652. The molecule has 0 unspecified atom stereocenters. The molecule has 1 aromatic rings. The second-order valence-electron chi connectivity index (χ2n) is 5.94. The highest BCUT2D eigenvalue weighted by Gasteiger charge is 2.37. The molecular weight excluding hydrogens is 264 g/mol. The molecule has 0 spiro atoms. The average molecular weight is 290 g/mol. The fourth-order valence-corrected chi connectivity index (χ4v) is 3.11. The van der Waals surface area contributed by atoms with E-state index in [2.05, 4.69) is 5.32 Å². The SMILES string of the molecule is COCc1ccccc1NC(=O)C1(CN)CCCCCC1. The van der Waals surface area contributed by atoms with Crippen LogP contribution in [-0.2, 0) is 16.1 Å². The Morgan fingerprint density at radius 3 is 2.52 bits per heavy atom. The van der Waals surface area contributed by atoms with Gasteiger partial charge in [-0.2, -0.15) is 0 Å². The number of anilines is 1. The van der Waals surface area contributed by atoms with E-state index >= 15 is 0 Å². The number of amides is 1. The highest BCUT2D eigenvalue weighted by atomic mass is 16.5. The summed E-state index contributed by atoms with van der Waals surface area (Å²) in [4.78, 5) is 12.8. The molecule has 0 heterocycles. The molecule has 1 aliphatic carbocycles. The number of ether oxygens (including phenoxy) is 1. The van der Waals surface area contributed by atoms with Gasteiger partial charge in [0.15, 0.2) is 0 Å². The number of methoxy groups -OCH3 is 1. The molecule has 0 atom stereocenters. The minimum atomic E-state index is -0.406. The first-order valence-corrected chi connectivity index (χ1v) is 7.80. The third kappa shape index (κ3) is 3.83. The second kappa shape index (κ2) is 7.57. The minimum Gasteiger partial charge on any atom is -0.380 e. The molecule has 0 aromatic heterocycles. The predicted molar refractivity (Wildman–Crippen MR) is 85.0 cm³/mol. The van der Waals surface area contributed by atoms with Crippen molar-refractivity contribution >= 4 is 11.6 Å². The summed E-state index contributed by atoms with van der Waals surface area (Å²) in [6.07, 6.45) is 6.36. The number of nitrogens with one attached hydrogen (secondary N) is 1. The van der Waals surface area contributed by atoms with Crippen LogP contribution in [0.1, 0.15) is 44.1 Å². The van der Waals surface area contributed by atoms with Crippen LogP contribution in [-0.4, -0.2) is 19.6 Å². The second-order valence-corrected chi connectivity index (χ2v) is 5.94. The molecule has 1 amide bonds. The Labute approximate surface area is 127 Å². The Morgan fingerprint density at radius 2 is 1.90 bits per heavy atom. The van der Waals surface area contributed by atoms with Gasteiger partial charge in [-0.15, -0.1) is 0 Å². The fourth-order valence-electron chi connectivity index (χ4n) is 3.11. The van der Waals surface area contributed by atoms with Gasteiger partial charge in [0.25, 0.3) is 0 Å². The summed E-state index contributed by atoms with van der Waals surface area (Å²) in [7, 11) is 1.66. The third-order valence-electron chi connectivity index (χ3n) is 4.50. The summed E-state index contributed by atoms with van der Waals surface area (Å²) in [5, 5.41) is 3.09. The molecular formula is C17H26N2O2. The van der Waals surface area contributed by atoms with Crippen LogP contribution in [0.2, 0.25) is 0 Å². The molecule has 3 N–H and O–H groups in total. The van der Waals surface area contributed by atoms with Crippen LogP contribution >= 0.6 is 0 Å². The largest absolute Gasteiger partial charge is 0.380 e. The van der Waals surface area contributed by atoms with Gasteiger partial charge in [-0.1, -0.05) is 43.9 Å². The van der Waals surface area contributed by atoms with Crippen LogP contribution in [0.15, 0.2) is 24.3 Å². The molecule has 4 heteroatoms. The summed E-state index contributed by atoms with van der Waals surface area (Å²) < 4.78 is 5.19. The Morgan fingerprint density at radius 1 is 1.24 bits per heavy atom. The van der Waals surface area contributed by atoms with E-state index in [4.69, 9.17) is 10.5 Å². The van der Waals surface area contributed by atoms with E-state index in [1.165, 1.54) is 12.8 Å². The molecule has 1 aromatic carbocycles. The van der Waals surface area contributed by atoms with Gasteiger partial charge < -0.3 is 15.8 Å². The van der Waals surface area contributed by atoms with Crippen molar-refractivity contribution in [2.24, 2.45) is 11.1 Å². The molecule has 21 heavy (non-hydrogen) atoms. The Balaban J connectivity index is 2.15. The van der Waals surface area contributed by atoms with Crippen molar-refractivity contribution in [2.75, 3.05) is 19.0 Å². The average Bonchev–Trinajstić information content (AvgIpc) is 2.76. The van der Waals surface area contributed by atoms with Crippen molar-refractivity contribution in [2.45, 2.75) is 45.1 Å². The zero-order chi connectivity index (χ0) is 15.1. The first-order valence-electron chi connectivity index (χ1n) is 7.80. The number of nitrogens with two attached hydrogens (primary N) is 1. The van der Waals surface area contributed by atoms with Gasteiger partial charge in [0.1, 0.15) is 0 Å². The van der Waals surface area contributed by atoms with E-state index in [9.17, 15) is 4.79 Å². The number of carbonyl (C=O) groups excluding carboxylic acids is 1. The van der Waals surface area contributed by atoms with Gasteiger partial charge in [-0.3, -0.25) is 4.79 Å². The van der Waals surface area contributed by atoms with Crippen LogP contribution in [0.5, 0.6) is 0 Å². The van der Waals surface area contributed by atoms with E-state index < -0.39 is 5.41 Å². The number of hydrogen-bond acceptors (Lipinski definition) is 3. The monoisotopic (exact) mass is 290 g/mol. The molecule has 2 rings (SSSR count). The zero-order valence-corrected chi connectivity index (χ0v) is 12.9. The number of benzene rings is 1. The molecule has 0 bridgehead atoms. The quantitative estimate of drug-likeness (QED) is 0.819. The van der Waals surface area contributed by atoms with Crippen molar-refractivity contribution in [1.29, 1.82) is 0 Å². The van der Waals surface area contributed by atoms with Crippen LogP contribution in [0, 0.1) is 5.41 Å². The summed E-state index contributed by atoms with van der Waals surface area (Å²) in [5.74, 6) is 0.0652. The standard InChI is InChI=1S/C17H26N2O2/c1-21-12-14-8-4-5-9-15(14)19-16(20)17(13-18)10-6-2-3-7-11-17/h4-5,8-9H,2-3,6-7,10-13,18H2,1H3,(H,19,20). The summed E-state index contributed by atoms with van der Waals surface area (Å²) in [5.41, 5.74) is 7.40. The molecule has 4 nitrogen and oxygen atoms in total. The first-order chi connectivity index (χ1) is 10.2. The summed E-state index contributed by atoms with van der Waals surface area (Å²) in [6.45, 7) is 0.914. The third-order valence-corrected chi connectivity index (χ3v) is 4.50. The summed E-state index contributed by atoms with van der Waals surface area (Å²) >= 11 is 0. The normalized spacial score (nSPS) is 18.0. The summed E-state index contributed by atoms with van der Waals surface area (Å²) in [6, 6.07) is 7.78. The van der Waals surface area contributed by atoms with E-state index in [0.29, 0.717) is 13.2 Å². The maximum absolute atomic E-state index is 12.8. The molecule has 1 fully saturated rings. The highest BCUT2D eigenvalue weighted by Crippen LogP contribution is 2.35. The van der Waals surface area contributed by atoms with E-state index in [0.717, 1.165) is 36.9 Å². The molecule has 1 aliphatic rings. The Kier molecular flexibility index (Phi) is 5.76. The lowest BCUT2D eigenvalue weighted by Crippen LogP contribution is -2.42. The maximum atomic E-state index is 12.8. The van der Waals surface area contributed by atoms with Crippen molar-refractivity contribution < 1.29 is 9.53 Å². The van der Waals surface area contributed by atoms with Crippen LogP contribution < -0.4 is 11.1 Å². The van der Waals surface area contributed by atoms with Gasteiger partial charge in [0.05, 0.1) is 12.0 Å². The number of carbonyl (C=O) groups is 1. The van der Waals surface area contributed by atoms with Gasteiger partial charge in [-0.05, 0) is 18.9 Å². The van der Waals surface area contributed by atoms with Gasteiger partial charge in [-0.25, -0.2) is 0 Å². The number of hydrogen-bond donors (Lipinski definition) is 2. The number of rotatable bonds is 5. The Bertz CT molecular complexity index is 466. The molecule has 1 saturated carbocycles. The smallest absolute Gasteiger partial charge is 0.231 e. The van der Waals surface area contributed by atoms with Gasteiger partial charge >= 0.3 is 0 Å². The lowest BCUT2D eigenvalue weighted by Gasteiger charge is -2.30. The van der Waals surface area contributed by atoms with E-state index in [-0.39, 0.29) is 5.91 Å². The van der Waals surface area contributed by atoms with E-state index in [1.54, 1.807) is 7.11 Å². The molecule has 0 saturated heterocycles. The van der Waals surface area contributed by atoms with Crippen LogP contribution in [0.4, 0.5) is 5.69 Å². The maximum Gasteiger partial charge on any atom is 0.231 e. The Hall–Kier alpha value is -1.39. The van der Waals surface area contributed by atoms with Gasteiger partial charge in [0.2, 0.25) is 5.91 Å². The van der Waals surface area contributed by atoms with Crippen molar-refractivity contribution in [3.05, 3.63) is 29.8 Å². The van der Waals surface area contributed by atoms with Crippen molar-refractivity contribution in [1.82, 2.24) is 0 Å². The molecule has 0 radical (unpaired) electrons. The lowest BCUT2D eigenvalue weighted by molar-refractivity contribution is -0.125. The highest BCUT2D eigenvalue weighted by molar-refractivity contribution is 5.96. The first kappa shape index (κ1) is 16.0. The van der Waals surface area contributed by atoms with E-state index in [1.807, 2.05) is 24.3 Å². The van der Waals surface area contributed by atoms with Crippen LogP contribution in [0.3, 0.4) is 0 Å². The fraction of sp³-hybridized carbons (Fsp3) is 0.588. The lowest BCUT2D eigenvalue weighted by atomic mass is 9.79. The molecule has 116 valence electrons. The van der Waals surface area contributed by atoms with Crippen LogP contribution in [0.25, 0.3) is 0 Å². The van der Waals surface area contributed by atoms with Crippen molar-refractivity contribution in [3.63, 3.8) is 0 Å². The molecule has 0 aliphatic heterocycles. The topological polar surface area (TPSA) is 64.3 Å². The number of para-hydroxylation sites is 1. The predicted octanol–water partition coefficient (Wildman–Crippen LogP) is 3.07.